The van der Waals surface area contributed by atoms with E-state index in [1.165, 1.54) is 29.5 Å². The van der Waals surface area contributed by atoms with Crippen LogP contribution < -0.4 is 25.6 Å². The number of anilines is 3. The molecule has 0 bridgehead atoms. The van der Waals surface area contributed by atoms with Crippen molar-refractivity contribution >= 4 is 44.0 Å². The number of rotatable bonds is 7. The predicted molar refractivity (Wildman–Crippen MR) is 116 cm³/mol. The molecule has 1 atom stereocenters. The van der Waals surface area contributed by atoms with Gasteiger partial charge >= 0.3 is 6.36 Å². The maximum atomic E-state index is 12.5. The van der Waals surface area contributed by atoms with Crippen molar-refractivity contribution in [1.82, 2.24) is 10.3 Å². The number of benzene rings is 2. The molecule has 170 valence electrons. The van der Waals surface area contributed by atoms with Gasteiger partial charge in [-0.3, -0.25) is 4.79 Å². The van der Waals surface area contributed by atoms with E-state index in [9.17, 15) is 18.0 Å². The number of hydrogen-bond acceptors (Lipinski definition) is 8. The third-order valence-corrected chi connectivity index (χ3v) is 5.71. The molecule has 32 heavy (non-hydrogen) atoms. The molecule has 8 nitrogen and oxygen atoms in total. The molecule has 3 N–H and O–H groups in total. The van der Waals surface area contributed by atoms with Gasteiger partial charge in [-0.1, -0.05) is 11.3 Å². The molecule has 1 aliphatic rings. The van der Waals surface area contributed by atoms with Crippen LogP contribution in [0, 0.1) is 0 Å². The molecule has 1 amide bonds. The van der Waals surface area contributed by atoms with E-state index in [4.69, 9.17) is 4.74 Å². The Morgan fingerprint density at radius 1 is 1.28 bits per heavy atom. The molecule has 0 saturated heterocycles. The minimum Gasteiger partial charge on any atom is -0.406 e. The fraction of sp³-hybridized carbons (Fsp3) is 0.300. The summed E-state index contributed by atoms with van der Waals surface area (Å²) in [5, 5.41) is 9.82. The molecule has 2 aromatic carbocycles. The number of amides is 1. The van der Waals surface area contributed by atoms with Gasteiger partial charge in [0.25, 0.3) is 5.91 Å². The fourth-order valence-corrected chi connectivity index (χ4v) is 4.18. The summed E-state index contributed by atoms with van der Waals surface area (Å²) in [6, 6.07) is 9.35. The number of aromatic nitrogens is 1. The second-order valence-corrected chi connectivity index (χ2v) is 8.01. The molecule has 4 rings (SSSR count). The minimum atomic E-state index is -4.75. The molecule has 1 unspecified atom stereocenters. The SMILES string of the molecule is COCCNC(=O)c1ccc2c(c1)NC(Nc1nc3ccc(OC(F)(F)F)cc3s1)N2C. The van der Waals surface area contributed by atoms with Crippen LogP contribution >= 0.6 is 11.3 Å². The first-order valence-corrected chi connectivity index (χ1v) is 10.4. The van der Waals surface area contributed by atoms with Crippen molar-refractivity contribution in [3.8, 4) is 5.75 Å². The maximum Gasteiger partial charge on any atom is 0.573 e. The summed E-state index contributed by atoms with van der Waals surface area (Å²) in [5.74, 6) is -0.492. The fourth-order valence-electron chi connectivity index (χ4n) is 3.27. The Labute approximate surface area is 185 Å². The molecule has 3 aromatic rings. The molecular weight excluding hydrogens is 447 g/mol. The third-order valence-electron chi connectivity index (χ3n) is 4.76. The van der Waals surface area contributed by atoms with Crippen molar-refractivity contribution in [3.05, 3.63) is 42.0 Å². The van der Waals surface area contributed by atoms with Crippen LogP contribution in [0.3, 0.4) is 0 Å². The predicted octanol–water partition coefficient (Wildman–Crippen LogP) is 3.83. The first-order valence-electron chi connectivity index (χ1n) is 9.57. The summed E-state index contributed by atoms with van der Waals surface area (Å²) in [6.07, 6.45) is -5.11. The van der Waals surface area contributed by atoms with Crippen molar-refractivity contribution < 1.29 is 27.4 Å². The Kier molecular flexibility index (Phi) is 5.98. The number of carbonyl (C=O) groups is 1. The highest BCUT2D eigenvalue weighted by Gasteiger charge is 2.31. The highest BCUT2D eigenvalue weighted by molar-refractivity contribution is 7.22. The van der Waals surface area contributed by atoms with Gasteiger partial charge in [-0.25, -0.2) is 4.98 Å². The van der Waals surface area contributed by atoms with Gasteiger partial charge in [-0.05, 0) is 30.3 Å². The van der Waals surface area contributed by atoms with Gasteiger partial charge in [0.1, 0.15) is 5.75 Å². The second kappa shape index (κ2) is 8.71. The smallest absolute Gasteiger partial charge is 0.406 e. The molecule has 0 aliphatic carbocycles. The Balaban J connectivity index is 1.46. The van der Waals surface area contributed by atoms with Crippen LogP contribution in [0.5, 0.6) is 5.75 Å². The zero-order valence-electron chi connectivity index (χ0n) is 17.1. The first kappa shape index (κ1) is 22.0. The van der Waals surface area contributed by atoms with E-state index in [0.717, 1.165) is 11.4 Å². The van der Waals surface area contributed by atoms with E-state index in [1.807, 2.05) is 18.0 Å². The van der Waals surface area contributed by atoms with Crippen LogP contribution in [-0.2, 0) is 4.74 Å². The number of methoxy groups -OCH3 is 1. The van der Waals surface area contributed by atoms with Gasteiger partial charge in [0.15, 0.2) is 11.4 Å². The summed E-state index contributed by atoms with van der Waals surface area (Å²) in [5.41, 5.74) is 2.73. The van der Waals surface area contributed by atoms with Crippen molar-refractivity contribution in [1.29, 1.82) is 0 Å². The highest BCUT2D eigenvalue weighted by Crippen LogP contribution is 2.36. The largest absolute Gasteiger partial charge is 0.573 e. The number of ether oxygens (including phenoxy) is 2. The molecule has 12 heteroatoms. The second-order valence-electron chi connectivity index (χ2n) is 6.98. The van der Waals surface area contributed by atoms with Gasteiger partial charge in [-0.2, -0.15) is 0 Å². The highest BCUT2D eigenvalue weighted by atomic mass is 32.1. The van der Waals surface area contributed by atoms with E-state index in [2.05, 4.69) is 25.7 Å². The third kappa shape index (κ3) is 4.81. The number of alkyl halides is 3. The molecular formula is C20H20F3N5O3S. The molecule has 0 spiro atoms. The molecule has 1 aromatic heterocycles. The Hall–Kier alpha value is -3.25. The van der Waals surface area contributed by atoms with Gasteiger partial charge < -0.3 is 30.3 Å². The van der Waals surface area contributed by atoms with Crippen LogP contribution in [-0.4, -0.2) is 50.9 Å². The zero-order chi connectivity index (χ0) is 22.9. The summed E-state index contributed by atoms with van der Waals surface area (Å²) < 4.78 is 46.8. The van der Waals surface area contributed by atoms with E-state index in [-0.39, 0.29) is 17.9 Å². The van der Waals surface area contributed by atoms with Crippen molar-refractivity contribution in [2.75, 3.05) is 42.8 Å². The lowest BCUT2D eigenvalue weighted by molar-refractivity contribution is -0.274. The van der Waals surface area contributed by atoms with E-state index in [0.29, 0.717) is 34.1 Å². The number of fused-ring (bicyclic) bond motifs is 2. The maximum absolute atomic E-state index is 12.5. The number of carbonyl (C=O) groups excluding carboxylic acids is 1. The monoisotopic (exact) mass is 467 g/mol. The Morgan fingerprint density at radius 3 is 2.84 bits per heavy atom. The van der Waals surface area contributed by atoms with E-state index < -0.39 is 6.36 Å². The average molecular weight is 467 g/mol. The number of thiazole rings is 1. The molecule has 0 fully saturated rings. The van der Waals surface area contributed by atoms with Gasteiger partial charge in [0.2, 0.25) is 0 Å². The minimum absolute atomic E-state index is 0.200. The van der Waals surface area contributed by atoms with E-state index >= 15 is 0 Å². The van der Waals surface area contributed by atoms with Gasteiger partial charge in [0.05, 0.1) is 28.2 Å². The number of nitrogens with zero attached hydrogens (tertiary/aromatic N) is 2. The lowest BCUT2D eigenvalue weighted by Crippen LogP contribution is -2.39. The number of nitrogens with one attached hydrogen (secondary N) is 3. The van der Waals surface area contributed by atoms with Crippen LogP contribution in [0.1, 0.15) is 10.4 Å². The van der Waals surface area contributed by atoms with Crippen molar-refractivity contribution in [3.63, 3.8) is 0 Å². The zero-order valence-corrected chi connectivity index (χ0v) is 17.9. The molecule has 1 aliphatic heterocycles. The summed E-state index contributed by atoms with van der Waals surface area (Å²) in [7, 11) is 3.44. The van der Waals surface area contributed by atoms with Crippen LogP contribution in [0.2, 0.25) is 0 Å². The molecule has 0 saturated carbocycles. The van der Waals surface area contributed by atoms with Gasteiger partial charge in [-0.15, -0.1) is 13.2 Å². The quantitative estimate of drug-likeness (QED) is 0.455. The Bertz CT molecular complexity index is 1140. The summed E-state index contributed by atoms with van der Waals surface area (Å²) >= 11 is 1.21. The summed E-state index contributed by atoms with van der Waals surface area (Å²) in [4.78, 5) is 18.6. The normalized spacial score (nSPS) is 15.4. The first-order chi connectivity index (χ1) is 15.2. The number of halogens is 3. The molecule has 2 heterocycles. The van der Waals surface area contributed by atoms with E-state index in [1.54, 1.807) is 19.2 Å². The standard InChI is InChI=1S/C20H20F3N5O3S/c1-28-15-6-3-11(17(29)24-7-8-30-2)9-14(15)25-18(28)27-19-26-13-5-4-12(10-16(13)32-19)31-20(21,22)23/h3-6,9-10,18,25H,7-8H2,1-2H3,(H,24,29)(H,26,27). The summed E-state index contributed by atoms with van der Waals surface area (Å²) in [6.45, 7) is 0.840. The topological polar surface area (TPSA) is 87.8 Å². The Morgan fingerprint density at radius 2 is 2.09 bits per heavy atom. The van der Waals surface area contributed by atoms with Crippen molar-refractivity contribution in [2.45, 2.75) is 12.7 Å². The van der Waals surface area contributed by atoms with Crippen LogP contribution in [0.25, 0.3) is 10.2 Å². The lowest BCUT2D eigenvalue weighted by Gasteiger charge is -2.22. The molecule has 0 radical (unpaired) electrons. The average Bonchev–Trinajstić information content (AvgIpc) is 3.26. The van der Waals surface area contributed by atoms with Crippen LogP contribution in [0.15, 0.2) is 36.4 Å². The lowest BCUT2D eigenvalue weighted by atomic mass is 10.1. The van der Waals surface area contributed by atoms with Gasteiger partial charge in [0, 0.05) is 32.3 Å². The van der Waals surface area contributed by atoms with Crippen molar-refractivity contribution in [2.24, 2.45) is 0 Å². The number of hydrogen-bond donors (Lipinski definition) is 3. The van der Waals surface area contributed by atoms with Crippen LogP contribution in [0.4, 0.5) is 29.7 Å².